The van der Waals surface area contributed by atoms with Crippen LogP contribution in [0.4, 0.5) is 5.69 Å². The van der Waals surface area contributed by atoms with Crippen LogP contribution in [0.15, 0.2) is 27.6 Å². The third-order valence-electron chi connectivity index (χ3n) is 3.65. The molecule has 1 aliphatic carbocycles. The Bertz CT molecular complexity index is 648. The average molecular weight is 377 g/mol. The molecule has 0 aliphatic heterocycles. The van der Waals surface area contributed by atoms with Crippen molar-refractivity contribution >= 4 is 37.6 Å². The number of carboxylic acid groups (broad SMARTS) is 1. The lowest BCUT2D eigenvalue weighted by atomic mass is 9.85. The second-order valence-corrected chi connectivity index (χ2v) is 7.65. The molecule has 1 fully saturated rings. The highest BCUT2D eigenvalue weighted by molar-refractivity contribution is 9.10. The Morgan fingerprint density at radius 2 is 2.10 bits per heavy atom. The molecule has 1 aromatic carbocycles. The van der Waals surface area contributed by atoms with Crippen molar-refractivity contribution in [2.45, 2.75) is 36.6 Å². The molecule has 0 aromatic heterocycles. The summed E-state index contributed by atoms with van der Waals surface area (Å²) >= 11 is 3.31. The van der Waals surface area contributed by atoms with Gasteiger partial charge in [-0.1, -0.05) is 6.42 Å². The van der Waals surface area contributed by atoms with Crippen LogP contribution in [-0.2, 0) is 14.8 Å². The van der Waals surface area contributed by atoms with Gasteiger partial charge in [0.25, 0.3) is 0 Å². The number of carboxylic acids is 1. The van der Waals surface area contributed by atoms with Gasteiger partial charge in [0.2, 0.25) is 10.0 Å². The van der Waals surface area contributed by atoms with Crippen LogP contribution in [0.1, 0.15) is 25.7 Å². The zero-order chi connectivity index (χ0) is 15.6. The van der Waals surface area contributed by atoms with Gasteiger partial charge in [-0.3, -0.25) is 4.79 Å². The van der Waals surface area contributed by atoms with Gasteiger partial charge >= 0.3 is 5.97 Å². The van der Waals surface area contributed by atoms with Gasteiger partial charge in [-0.15, -0.1) is 0 Å². The lowest BCUT2D eigenvalue weighted by molar-refractivity contribution is -0.142. The van der Waals surface area contributed by atoms with Crippen LogP contribution in [0.25, 0.3) is 0 Å². The number of benzene rings is 1. The third kappa shape index (κ3) is 4.18. The summed E-state index contributed by atoms with van der Waals surface area (Å²) in [6.07, 6.45) is 3.03. The number of halogens is 1. The molecule has 0 saturated heterocycles. The standard InChI is InChI=1S/C13H17BrN2O4S/c14-11-7-10(21(15,19)20)4-5-12(11)16-9-3-1-2-8(6-9)13(17)18/h4-5,7-9,16H,1-3,6H2,(H,17,18)(H2,15,19,20). The molecular weight excluding hydrogens is 360 g/mol. The molecule has 2 rings (SSSR count). The Balaban J connectivity index is 2.11. The molecule has 1 saturated carbocycles. The molecule has 0 spiro atoms. The molecule has 6 nitrogen and oxygen atoms in total. The molecule has 2 atom stereocenters. The van der Waals surface area contributed by atoms with Gasteiger partial charge in [-0.05, 0) is 53.4 Å². The zero-order valence-electron chi connectivity index (χ0n) is 11.3. The lowest BCUT2D eigenvalue weighted by Gasteiger charge is -2.28. The van der Waals surface area contributed by atoms with Gasteiger partial charge in [0, 0.05) is 16.2 Å². The number of hydrogen-bond donors (Lipinski definition) is 3. The normalized spacial score (nSPS) is 22.8. The van der Waals surface area contributed by atoms with E-state index in [1.54, 1.807) is 6.07 Å². The van der Waals surface area contributed by atoms with Gasteiger partial charge in [0.05, 0.1) is 10.8 Å². The predicted octanol–water partition coefficient (Wildman–Crippen LogP) is 2.15. The van der Waals surface area contributed by atoms with Gasteiger partial charge < -0.3 is 10.4 Å². The van der Waals surface area contributed by atoms with Crippen molar-refractivity contribution in [1.82, 2.24) is 0 Å². The van der Waals surface area contributed by atoms with E-state index in [1.165, 1.54) is 12.1 Å². The Morgan fingerprint density at radius 3 is 2.67 bits per heavy atom. The molecule has 0 heterocycles. The Hall–Kier alpha value is -1.12. The summed E-state index contributed by atoms with van der Waals surface area (Å²) in [6, 6.07) is 4.57. The maximum atomic E-state index is 11.3. The third-order valence-corrected chi connectivity index (χ3v) is 5.22. The molecule has 1 aliphatic rings. The number of aliphatic carboxylic acids is 1. The Morgan fingerprint density at radius 1 is 1.38 bits per heavy atom. The fraction of sp³-hybridized carbons (Fsp3) is 0.462. The molecule has 1 aromatic rings. The number of nitrogens with one attached hydrogen (secondary N) is 1. The number of carbonyl (C=O) groups is 1. The highest BCUT2D eigenvalue weighted by Crippen LogP contribution is 2.31. The maximum absolute atomic E-state index is 11.3. The van der Waals surface area contributed by atoms with Crippen molar-refractivity contribution in [3.8, 4) is 0 Å². The van der Waals surface area contributed by atoms with Crippen molar-refractivity contribution in [3.63, 3.8) is 0 Å². The van der Waals surface area contributed by atoms with Crippen LogP contribution in [0.2, 0.25) is 0 Å². The first kappa shape index (κ1) is 16.3. The van der Waals surface area contributed by atoms with E-state index in [9.17, 15) is 13.2 Å². The van der Waals surface area contributed by atoms with E-state index in [0.29, 0.717) is 17.3 Å². The minimum atomic E-state index is -3.73. The van der Waals surface area contributed by atoms with Crippen LogP contribution < -0.4 is 10.5 Å². The second-order valence-electron chi connectivity index (χ2n) is 5.23. The van der Waals surface area contributed by atoms with Crippen LogP contribution >= 0.6 is 15.9 Å². The fourth-order valence-corrected chi connectivity index (χ4v) is 3.74. The first-order valence-electron chi connectivity index (χ1n) is 6.59. The van der Waals surface area contributed by atoms with Crippen LogP contribution in [-0.4, -0.2) is 25.5 Å². The van der Waals surface area contributed by atoms with Gasteiger partial charge in [-0.25, -0.2) is 13.6 Å². The minimum Gasteiger partial charge on any atom is -0.481 e. The van der Waals surface area contributed by atoms with Crippen molar-refractivity contribution in [3.05, 3.63) is 22.7 Å². The fourth-order valence-electron chi connectivity index (χ4n) is 2.55. The lowest BCUT2D eigenvalue weighted by Crippen LogP contribution is -2.31. The quantitative estimate of drug-likeness (QED) is 0.745. The Labute approximate surface area is 131 Å². The topological polar surface area (TPSA) is 109 Å². The maximum Gasteiger partial charge on any atom is 0.306 e. The zero-order valence-corrected chi connectivity index (χ0v) is 13.7. The van der Waals surface area contributed by atoms with Crippen molar-refractivity contribution in [2.24, 2.45) is 11.1 Å². The molecule has 8 heteroatoms. The molecule has 0 amide bonds. The molecule has 0 bridgehead atoms. The molecule has 2 unspecified atom stereocenters. The number of hydrogen-bond acceptors (Lipinski definition) is 4. The second kappa shape index (κ2) is 6.33. The summed E-state index contributed by atoms with van der Waals surface area (Å²) in [7, 11) is -3.73. The highest BCUT2D eigenvalue weighted by Gasteiger charge is 2.27. The number of primary sulfonamides is 1. The van der Waals surface area contributed by atoms with E-state index in [1.807, 2.05) is 0 Å². The van der Waals surface area contributed by atoms with Gasteiger partial charge in [0.1, 0.15) is 0 Å². The molecule has 0 radical (unpaired) electrons. The summed E-state index contributed by atoms with van der Waals surface area (Å²) in [5.41, 5.74) is 0.735. The van der Waals surface area contributed by atoms with Crippen LogP contribution in [0, 0.1) is 5.92 Å². The summed E-state index contributed by atoms with van der Waals surface area (Å²) in [4.78, 5) is 11.1. The number of rotatable bonds is 4. The summed E-state index contributed by atoms with van der Waals surface area (Å²) < 4.78 is 23.1. The highest BCUT2D eigenvalue weighted by atomic mass is 79.9. The first-order valence-corrected chi connectivity index (χ1v) is 8.93. The number of nitrogens with two attached hydrogens (primary N) is 1. The first-order chi connectivity index (χ1) is 9.77. The number of anilines is 1. The van der Waals surface area contributed by atoms with E-state index in [0.717, 1.165) is 18.5 Å². The van der Waals surface area contributed by atoms with Crippen molar-refractivity contribution < 1.29 is 18.3 Å². The van der Waals surface area contributed by atoms with Crippen molar-refractivity contribution in [1.29, 1.82) is 0 Å². The van der Waals surface area contributed by atoms with Gasteiger partial charge in [0.15, 0.2) is 0 Å². The molecule has 21 heavy (non-hydrogen) atoms. The smallest absolute Gasteiger partial charge is 0.306 e. The van der Waals surface area contributed by atoms with Crippen LogP contribution in [0.5, 0.6) is 0 Å². The predicted molar refractivity (Wildman–Crippen MR) is 82.5 cm³/mol. The monoisotopic (exact) mass is 376 g/mol. The number of sulfonamides is 1. The Kier molecular flexibility index (Phi) is 4.90. The van der Waals surface area contributed by atoms with Crippen molar-refractivity contribution in [2.75, 3.05) is 5.32 Å². The van der Waals surface area contributed by atoms with E-state index >= 15 is 0 Å². The van der Waals surface area contributed by atoms with E-state index < -0.39 is 16.0 Å². The molecule has 116 valence electrons. The summed E-state index contributed by atoms with van der Waals surface area (Å²) in [6.45, 7) is 0. The van der Waals surface area contributed by atoms with E-state index in [-0.39, 0.29) is 16.9 Å². The van der Waals surface area contributed by atoms with E-state index in [2.05, 4.69) is 21.2 Å². The molecule has 4 N–H and O–H groups in total. The SMILES string of the molecule is NS(=O)(=O)c1ccc(NC2CCCC(C(=O)O)C2)c(Br)c1. The molecular formula is C13H17BrN2O4S. The average Bonchev–Trinajstić information content (AvgIpc) is 2.40. The van der Waals surface area contributed by atoms with E-state index in [4.69, 9.17) is 10.2 Å². The van der Waals surface area contributed by atoms with Gasteiger partial charge in [-0.2, -0.15) is 0 Å². The minimum absolute atomic E-state index is 0.0342. The summed E-state index contributed by atoms with van der Waals surface area (Å²) in [5.74, 6) is -1.08. The summed E-state index contributed by atoms with van der Waals surface area (Å²) in [5, 5.41) is 17.4. The largest absolute Gasteiger partial charge is 0.481 e. The van der Waals surface area contributed by atoms with Crippen LogP contribution in [0.3, 0.4) is 0 Å².